The summed E-state index contributed by atoms with van der Waals surface area (Å²) in [4.78, 5) is 23.3. The Balaban J connectivity index is 0.00000361. The number of nitrogen functional groups attached to an aromatic ring is 1. The monoisotopic (exact) mass is 299 g/mol. The van der Waals surface area contributed by atoms with Gasteiger partial charge in [0.2, 0.25) is 5.91 Å². The molecule has 0 radical (unpaired) electrons. The molecule has 0 aromatic heterocycles. The smallest absolute Gasteiger partial charge is 0.251 e. The van der Waals surface area contributed by atoms with Crippen molar-refractivity contribution in [3.8, 4) is 0 Å². The molecule has 1 aromatic rings. The van der Waals surface area contributed by atoms with Gasteiger partial charge in [-0.1, -0.05) is 6.07 Å². The highest BCUT2D eigenvalue weighted by Crippen LogP contribution is 2.06. The van der Waals surface area contributed by atoms with Crippen LogP contribution in [0, 0.1) is 0 Å². The van der Waals surface area contributed by atoms with Gasteiger partial charge in [-0.05, 0) is 39.0 Å². The lowest BCUT2D eigenvalue weighted by Gasteiger charge is -2.20. The van der Waals surface area contributed by atoms with E-state index < -0.39 is 0 Å². The first-order valence-electron chi connectivity index (χ1n) is 6.23. The van der Waals surface area contributed by atoms with Crippen LogP contribution in [0.25, 0.3) is 0 Å². The minimum Gasteiger partial charge on any atom is -0.399 e. The third kappa shape index (κ3) is 6.99. The second-order valence-electron chi connectivity index (χ2n) is 5.43. The molecule has 112 valence electrons. The fourth-order valence-electron chi connectivity index (χ4n) is 1.55. The van der Waals surface area contributed by atoms with Crippen molar-refractivity contribution >= 4 is 29.9 Å². The van der Waals surface area contributed by atoms with Gasteiger partial charge in [-0.25, -0.2) is 0 Å². The number of hydrogen-bond acceptors (Lipinski definition) is 3. The summed E-state index contributed by atoms with van der Waals surface area (Å²) >= 11 is 0. The van der Waals surface area contributed by atoms with Crippen LogP contribution in [0.1, 0.15) is 37.6 Å². The summed E-state index contributed by atoms with van der Waals surface area (Å²) in [6.07, 6.45) is 0.255. The molecule has 0 unspecified atom stereocenters. The predicted octanol–water partition coefficient (Wildman–Crippen LogP) is 1.73. The highest BCUT2D eigenvalue weighted by atomic mass is 35.5. The molecule has 0 aliphatic carbocycles. The highest BCUT2D eigenvalue weighted by molar-refractivity contribution is 5.95. The van der Waals surface area contributed by atoms with E-state index in [0.29, 0.717) is 17.8 Å². The zero-order valence-electron chi connectivity index (χ0n) is 12.0. The molecule has 20 heavy (non-hydrogen) atoms. The van der Waals surface area contributed by atoms with Gasteiger partial charge >= 0.3 is 0 Å². The summed E-state index contributed by atoms with van der Waals surface area (Å²) < 4.78 is 0. The van der Waals surface area contributed by atoms with Crippen LogP contribution >= 0.6 is 12.4 Å². The Bertz CT molecular complexity index is 470. The zero-order chi connectivity index (χ0) is 14.5. The van der Waals surface area contributed by atoms with E-state index in [9.17, 15) is 9.59 Å². The van der Waals surface area contributed by atoms with Crippen LogP contribution in [0.15, 0.2) is 24.3 Å². The second kappa shape index (κ2) is 7.75. The number of halogens is 1. The van der Waals surface area contributed by atoms with E-state index in [0.717, 1.165) is 0 Å². The number of anilines is 1. The molecule has 0 fully saturated rings. The number of benzene rings is 1. The molecule has 5 nitrogen and oxygen atoms in total. The van der Waals surface area contributed by atoms with Gasteiger partial charge in [0, 0.05) is 29.8 Å². The van der Waals surface area contributed by atoms with Gasteiger partial charge in [0.1, 0.15) is 0 Å². The molecule has 1 aromatic carbocycles. The van der Waals surface area contributed by atoms with Crippen LogP contribution in [0.4, 0.5) is 5.69 Å². The first kappa shape index (κ1) is 18.2. The number of hydrogen-bond donors (Lipinski definition) is 3. The maximum absolute atomic E-state index is 11.8. The van der Waals surface area contributed by atoms with Crippen molar-refractivity contribution in [2.75, 3.05) is 12.3 Å². The van der Waals surface area contributed by atoms with Crippen molar-refractivity contribution < 1.29 is 9.59 Å². The summed E-state index contributed by atoms with van der Waals surface area (Å²) in [6, 6.07) is 6.72. The summed E-state index contributed by atoms with van der Waals surface area (Å²) in [7, 11) is 0. The Morgan fingerprint density at radius 1 is 1.25 bits per heavy atom. The molecule has 0 saturated heterocycles. The highest BCUT2D eigenvalue weighted by Gasteiger charge is 2.13. The van der Waals surface area contributed by atoms with E-state index in [1.54, 1.807) is 24.3 Å². The maximum Gasteiger partial charge on any atom is 0.251 e. The maximum atomic E-state index is 11.8. The van der Waals surface area contributed by atoms with E-state index in [-0.39, 0.29) is 36.2 Å². The fraction of sp³-hybridized carbons (Fsp3) is 0.429. The van der Waals surface area contributed by atoms with Crippen molar-refractivity contribution in [2.24, 2.45) is 0 Å². The summed E-state index contributed by atoms with van der Waals surface area (Å²) in [5, 5.41) is 5.52. The van der Waals surface area contributed by atoms with Crippen LogP contribution in [0.3, 0.4) is 0 Å². The zero-order valence-corrected chi connectivity index (χ0v) is 12.8. The van der Waals surface area contributed by atoms with E-state index >= 15 is 0 Å². The van der Waals surface area contributed by atoms with Crippen molar-refractivity contribution in [3.05, 3.63) is 29.8 Å². The van der Waals surface area contributed by atoms with Crippen LogP contribution < -0.4 is 16.4 Å². The van der Waals surface area contributed by atoms with Crippen LogP contribution in [0.2, 0.25) is 0 Å². The number of carbonyl (C=O) groups excluding carboxylic acids is 2. The molecular formula is C14H22ClN3O2. The Labute approximate surface area is 125 Å². The molecule has 0 saturated carbocycles. The molecule has 4 N–H and O–H groups in total. The first-order chi connectivity index (χ1) is 8.78. The molecule has 0 aliphatic rings. The predicted molar refractivity (Wildman–Crippen MR) is 82.9 cm³/mol. The molecule has 2 amide bonds. The van der Waals surface area contributed by atoms with Crippen molar-refractivity contribution in [3.63, 3.8) is 0 Å². The van der Waals surface area contributed by atoms with Gasteiger partial charge in [0.15, 0.2) is 0 Å². The molecule has 1 rings (SSSR count). The van der Waals surface area contributed by atoms with Gasteiger partial charge in [-0.2, -0.15) is 0 Å². The summed E-state index contributed by atoms with van der Waals surface area (Å²) in [5.41, 5.74) is 6.38. The lowest BCUT2D eigenvalue weighted by atomic mass is 10.1. The molecule has 0 aliphatic heterocycles. The molecular weight excluding hydrogens is 278 g/mol. The fourth-order valence-corrected chi connectivity index (χ4v) is 1.55. The lowest BCUT2D eigenvalue weighted by molar-refractivity contribution is -0.122. The van der Waals surface area contributed by atoms with Gasteiger partial charge in [0.25, 0.3) is 5.91 Å². The average molecular weight is 300 g/mol. The lowest BCUT2D eigenvalue weighted by Crippen LogP contribution is -2.41. The Kier molecular flexibility index (Phi) is 7.07. The van der Waals surface area contributed by atoms with Crippen LogP contribution in [0.5, 0.6) is 0 Å². The molecule has 0 heterocycles. The average Bonchev–Trinajstić information content (AvgIpc) is 2.26. The molecule has 0 atom stereocenters. The van der Waals surface area contributed by atoms with Crippen LogP contribution in [-0.4, -0.2) is 23.9 Å². The topological polar surface area (TPSA) is 84.2 Å². The molecule has 0 spiro atoms. The number of rotatable bonds is 4. The largest absolute Gasteiger partial charge is 0.399 e. The minimum atomic E-state index is -0.255. The van der Waals surface area contributed by atoms with Gasteiger partial charge in [-0.3, -0.25) is 9.59 Å². The first-order valence-corrected chi connectivity index (χ1v) is 6.23. The van der Waals surface area contributed by atoms with Crippen molar-refractivity contribution in [1.29, 1.82) is 0 Å². The normalized spacial score (nSPS) is 10.3. The quantitative estimate of drug-likeness (QED) is 0.740. The van der Waals surface area contributed by atoms with Gasteiger partial charge in [-0.15, -0.1) is 12.4 Å². The number of nitrogens with two attached hydrogens (primary N) is 1. The van der Waals surface area contributed by atoms with E-state index in [2.05, 4.69) is 10.6 Å². The van der Waals surface area contributed by atoms with Crippen LogP contribution in [-0.2, 0) is 4.79 Å². The molecule has 6 heteroatoms. The number of nitrogens with one attached hydrogen (secondary N) is 2. The Morgan fingerprint density at radius 3 is 2.45 bits per heavy atom. The van der Waals surface area contributed by atoms with E-state index in [1.807, 2.05) is 20.8 Å². The minimum absolute atomic E-state index is 0. The van der Waals surface area contributed by atoms with Crippen molar-refractivity contribution in [2.45, 2.75) is 32.7 Å². The van der Waals surface area contributed by atoms with Gasteiger partial charge < -0.3 is 16.4 Å². The standard InChI is InChI=1S/C14H21N3O2.ClH/c1-14(2,3)17-12(18)7-8-16-13(19)10-5-4-6-11(15)9-10;/h4-6,9H,7-8,15H2,1-3H3,(H,16,19)(H,17,18);1H. The Hall–Kier alpha value is -1.75. The third-order valence-electron chi connectivity index (χ3n) is 2.30. The van der Waals surface area contributed by atoms with E-state index in [1.165, 1.54) is 0 Å². The van der Waals surface area contributed by atoms with Gasteiger partial charge in [0.05, 0.1) is 0 Å². The SMILES string of the molecule is CC(C)(C)NC(=O)CCNC(=O)c1cccc(N)c1.Cl. The number of carbonyl (C=O) groups is 2. The second-order valence-corrected chi connectivity index (χ2v) is 5.43. The summed E-state index contributed by atoms with van der Waals surface area (Å²) in [5.74, 6) is -0.309. The molecule has 0 bridgehead atoms. The summed E-state index contributed by atoms with van der Waals surface area (Å²) in [6.45, 7) is 6.04. The third-order valence-corrected chi connectivity index (χ3v) is 2.30. The number of amides is 2. The Morgan fingerprint density at radius 2 is 1.90 bits per heavy atom. The van der Waals surface area contributed by atoms with Crippen molar-refractivity contribution in [1.82, 2.24) is 10.6 Å². The van der Waals surface area contributed by atoms with E-state index in [4.69, 9.17) is 5.73 Å².